The van der Waals surface area contributed by atoms with E-state index in [-0.39, 0.29) is 2.85 Å². The van der Waals surface area contributed by atoms with Gasteiger partial charge in [0, 0.05) is 2.85 Å². The van der Waals surface area contributed by atoms with Crippen molar-refractivity contribution < 1.29 is 27.3 Å². The average Bonchev–Trinajstić information content (AvgIpc) is 1.50. The van der Waals surface area contributed by atoms with Crippen molar-refractivity contribution in [1.29, 1.82) is 0 Å². The fourth-order valence-corrected chi connectivity index (χ4v) is 0. The molecule has 0 saturated carbocycles. The molecule has 0 atom stereocenters. The molecule has 0 fully saturated rings. The second-order valence-electron chi connectivity index (χ2n) is 0. The van der Waals surface area contributed by atoms with E-state index < -0.39 is 0 Å². The monoisotopic (exact) mass is 106 g/mol. The summed E-state index contributed by atoms with van der Waals surface area (Å²) >= 11 is 2.00. The van der Waals surface area contributed by atoms with Crippen molar-refractivity contribution in [1.82, 2.24) is 0 Å². The van der Waals surface area contributed by atoms with Gasteiger partial charge in [-0.05, 0) is 0 Å². The van der Waals surface area contributed by atoms with Crippen LogP contribution in [-0.2, 0) is 24.4 Å². The summed E-state index contributed by atoms with van der Waals surface area (Å²) in [5.74, 6) is 0. The number of hydrogen-bond acceptors (Lipinski definition) is 1. The quantitative estimate of drug-likeness (QED) is 0.249. The summed E-state index contributed by atoms with van der Waals surface area (Å²) in [6, 6.07) is 0. The molecule has 4 heavy (non-hydrogen) atoms. The van der Waals surface area contributed by atoms with Gasteiger partial charge in [-0.15, -0.1) is 0 Å². The van der Waals surface area contributed by atoms with E-state index >= 15 is 0 Å². The van der Waals surface area contributed by atoms with Gasteiger partial charge < -0.3 is 0 Å². The predicted octanol–water partition coefficient (Wildman–Crippen LogP) is 0.333. The average molecular weight is 106 g/mol. The Kier molecular flexibility index (Phi) is 8210. The Morgan fingerprint density at radius 3 is 2.00 bits per heavy atom. The Hall–Kier alpha value is 0.0595. The molecule has 0 rings (SSSR count). The van der Waals surface area contributed by atoms with E-state index in [0.717, 1.165) is 0 Å². The van der Waals surface area contributed by atoms with Crippen LogP contribution in [0.5, 0.6) is 0 Å². The van der Waals surface area contributed by atoms with Crippen LogP contribution in [0.1, 0.15) is 2.85 Å². The minimum absolute atomic E-state index is 0. The number of hydrogen-bond donors (Lipinski definition) is 0. The summed E-state index contributed by atoms with van der Waals surface area (Å²) in [4.78, 5) is 0. The van der Waals surface area contributed by atoms with Crippen molar-refractivity contribution in [3.63, 3.8) is 0 Å². The van der Waals surface area contributed by atoms with Crippen molar-refractivity contribution in [2.24, 2.45) is 0 Å². The summed E-state index contributed by atoms with van der Waals surface area (Å²) in [7, 11) is 0. The van der Waals surface area contributed by atoms with Crippen LogP contribution in [0.15, 0.2) is 0 Å². The first-order valence-corrected chi connectivity index (χ1v) is 0.799. The molecule has 0 bridgehead atoms. The first-order chi connectivity index (χ1) is 2.00. The Labute approximate surface area is 34.9 Å². The van der Waals surface area contributed by atoms with E-state index in [2.05, 4.69) is 6.65 Å². The van der Waals surface area contributed by atoms with Gasteiger partial charge >= 0.3 is 31.1 Å². The molecule has 0 saturated heterocycles. The Bertz CT molecular complexity index is 22.8. The second kappa shape index (κ2) is 3670. The van der Waals surface area contributed by atoms with E-state index in [1.54, 1.807) is 0 Å². The van der Waals surface area contributed by atoms with Gasteiger partial charge in [0.2, 0.25) is 0 Å². The van der Waals surface area contributed by atoms with E-state index in [1.165, 1.54) is 0 Å². The van der Waals surface area contributed by atoms with Crippen LogP contribution in [0, 0.1) is 6.65 Å². The predicted molar refractivity (Wildman–Crippen MR) is 8.84 cm³/mol. The zero-order valence-corrected chi connectivity index (χ0v) is 2.77. The molecule has 0 spiro atoms. The molecule has 0 heterocycles. The van der Waals surface area contributed by atoms with Crippen LogP contribution in [0.4, 0.5) is 0 Å². The van der Waals surface area contributed by atoms with E-state index in [4.69, 9.17) is 8.49 Å². The van der Waals surface area contributed by atoms with Crippen molar-refractivity contribution in [2.75, 3.05) is 0 Å². The molecular formula is CH4FeO2. The Morgan fingerprint density at radius 1 is 2.00 bits per heavy atom. The molecule has 2 nitrogen and oxygen atoms in total. The summed E-state index contributed by atoms with van der Waals surface area (Å²) in [6.07, 6.45) is 0. The van der Waals surface area contributed by atoms with Crippen LogP contribution in [-0.4, -0.2) is 0 Å². The van der Waals surface area contributed by atoms with Gasteiger partial charge in [0.15, 0.2) is 0 Å². The van der Waals surface area contributed by atoms with Crippen molar-refractivity contribution in [3.8, 4) is 0 Å². The fourth-order valence-electron chi connectivity index (χ4n) is 0. The summed E-state index contributed by atoms with van der Waals surface area (Å²) in [5.41, 5.74) is 0. The van der Waals surface area contributed by atoms with Crippen molar-refractivity contribution in [2.45, 2.75) is 0 Å². The molecule has 0 unspecified atom stereocenters. The van der Waals surface area contributed by atoms with Gasteiger partial charge in [-0.2, -0.15) is 0 Å². The molecule has 0 aromatic heterocycles. The molecule has 0 aromatic carbocycles. The molecule has 0 amide bonds. The molecule has 0 aliphatic heterocycles. The Morgan fingerprint density at radius 2 is 2.00 bits per heavy atom. The Balaban J connectivity index is -0.00000000500. The van der Waals surface area contributed by atoms with Crippen molar-refractivity contribution in [3.05, 3.63) is 6.65 Å². The first kappa shape index (κ1) is 8.96. The summed E-state index contributed by atoms with van der Waals surface area (Å²) in [5, 5.41) is 0. The molecular weight excluding hydrogens is 99.9 g/mol. The van der Waals surface area contributed by atoms with E-state index in [0.29, 0.717) is 0 Å². The first-order valence-electron chi connectivity index (χ1n) is 0.348. The molecule has 0 aliphatic rings. The third kappa shape index (κ3) is 653. The molecule has 0 radical (unpaired) electrons. The summed E-state index contributed by atoms with van der Waals surface area (Å²) in [6.45, 7) is 4.50. The van der Waals surface area contributed by atoms with Crippen LogP contribution in [0.25, 0.3) is 0 Å². The maximum absolute atomic E-state index is 8.00. The zero-order chi connectivity index (χ0) is 4.00. The van der Waals surface area contributed by atoms with Gasteiger partial charge in [0.25, 0.3) is 0 Å². The molecule has 0 aliphatic carbocycles. The van der Waals surface area contributed by atoms with Crippen LogP contribution in [0.3, 0.4) is 0 Å². The molecule has 3 heteroatoms. The SMILES string of the molecule is [3HH].[C-]#[O+].[HH].[O]=[Fe]. The topological polar surface area (TPSA) is 37.0 Å². The summed E-state index contributed by atoms with van der Waals surface area (Å²) < 4.78 is 15.5. The van der Waals surface area contributed by atoms with Gasteiger partial charge in [-0.3, -0.25) is 0 Å². The van der Waals surface area contributed by atoms with Crippen molar-refractivity contribution >= 4 is 0 Å². The van der Waals surface area contributed by atoms with Crippen LogP contribution < -0.4 is 0 Å². The minimum atomic E-state index is 0. The third-order valence-corrected chi connectivity index (χ3v) is 0. The molecule has 28 valence electrons. The van der Waals surface area contributed by atoms with E-state index in [9.17, 15) is 0 Å². The zero-order valence-electron chi connectivity index (χ0n) is 1.67. The second-order valence-corrected chi connectivity index (χ2v) is 0. The van der Waals surface area contributed by atoms with Crippen LogP contribution in [0.2, 0.25) is 0 Å². The van der Waals surface area contributed by atoms with Gasteiger partial charge in [-0.1, -0.05) is 0 Å². The van der Waals surface area contributed by atoms with Gasteiger partial charge in [0.05, 0.1) is 0 Å². The van der Waals surface area contributed by atoms with Crippen LogP contribution >= 0.6 is 0 Å². The van der Waals surface area contributed by atoms with Gasteiger partial charge in [0.1, 0.15) is 0 Å². The van der Waals surface area contributed by atoms with Gasteiger partial charge in [-0.25, -0.2) is 0 Å². The molecule has 0 aromatic rings. The third-order valence-electron chi connectivity index (χ3n) is 0. The normalized spacial score (nSPS) is 1.75. The number of rotatable bonds is 0. The fraction of sp³-hybridized carbons (Fsp3) is 0. The molecule has 0 N–H and O–H groups in total. The standard InChI is InChI=1S/CO.Fe.O.2H2/c1-2;;;;/h;;;2*1H/i;;;1+2;. The van der Waals surface area contributed by atoms with E-state index in [1.807, 2.05) is 15.9 Å². The maximum atomic E-state index is 8.00.